The fourth-order valence-electron chi connectivity index (χ4n) is 4.28. The first-order chi connectivity index (χ1) is 13.0. The van der Waals surface area contributed by atoms with Gasteiger partial charge in [-0.1, -0.05) is 17.7 Å². The Hall–Kier alpha value is -2.14. The van der Waals surface area contributed by atoms with Gasteiger partial charge in [0.2, 0.25) is 0 Å². The predicted molar refractivity (Wildman–Crippen MR) is 107 cm³/mol. The van der Waals surface area contributed by atoms with Crippen LogP contribution in [0.15, 0.2) is 24.3 Å². The van der Waals surface area contributed by atoms with Crippen LogP contribution in [0.1, 0.15) is 65.6 Å². The van der Waals surface area contributed by atoms with Crippen molar-refractivity contribution >= 4 is 5.91 Å². The third-order valence-corrected chi connectivity index (χ3v) is 5.82. The van der Waals surface area contributed by atoms with Crippen LogP contribution in [0.5, 0.6) is 0 Å². The van der Waals surface area contributed by atoms with Crippen molar-refractivity contribution in [1.29, 1.82) is 0 Å². The molecule has 0 saturated carbocycles. The molecule has 4 rings (SSSR count). The average Bonchev–Trinajstić information content (AvgIpc) is 3.30. The van der Waals surface area contributed by atoms with Gasteiger partial charge in [0.05, 0.1) is 17.9 Å². The molecule has 5 heteroatoms. The van der Waals surface area contributed by atoms with Crippen molar-refractivity contribution in [3.05, 3.63) is 52.3 Å². The van der Waals surface area contributed by atoms with Gasteiger partial charge in [-0.2, -0.15) is 5.10 Å². The van der Waals surface area contributed by atoms with Gasteiger partial charge in [-0.25, -0.2) is 0 Å². The van der Waals surface area contributed by atoms with E-state index in [4.69, 9.17) is 5.10 Å². The maximum absolute atomic E-state index is 13.0. The summed E-state index contributed by atoms with van der Waals surface area (Å²) >= 11 is 0. The fourth-order valence-corrected chi connectivity index (χ4v) is 4.28. The number of aromatic nitrogens is 2. The molecule has 1 fully saturated rings. The molecular weight excluding hydrogens is 336 g/mol. The molecule has 2 aliphatic heterocycles. The number of likely N-dealkylation sites (tertiary alicyclic amines) is 1. The summed E-state index contributed by atoms with van der Waals surface area (Å²) in [6.07, 6.45) is 3.50. The van der Waals surface area contributed by atoms with Gasteiger partial charge in [0.15, 0.2) is 0 Å². The number of fused-ring (bicyclic) bond motifs is 1. The molecule has 0 radical (unpaired) electrons. The van der Waals surface area contributed by atoms with E-state index in [1.807, 2.05) is 36.1 Å². The Balaban J connectivity index is 1.58. The molecule has 2 aromatic rings. The van der Waals surface area contributed by atoms with Gasteiger partial charge in [-0.15, -0.1) is 0 Å². The zero-order chi connectivity index (χ0) is 19.0. The monoisotopic (exact) mass is 366 g/mol. The smallest absolute Gasteiger partial charge is 0.254 e. The van der Waals surface area contributed by atoms with Crippen molar-refractivity contribution in [2.45, 2.75) is 59.2 Å². The van der Waals surface area contributed by atoms with E-state index < -0.39 is 0 Å². The minimum absolute atomic E-state index is 0.123. The summed E-state index contributed by atoms with van der Waals surface area (Å²) in [4.78, 5) is 17.5. The zero-order valence-corrected chi connectivity index (χ0v) is 16.7. The molecule has 3 heterocycles. The summed E-state index contributed by atoms with van der Waals surface area (Å²) in [5, 5.41) is 4.97. The predicted octanol–water partition coefficient (Wildman–Crippen LogP) is 3.57. The molecule has 5 nitrogen and oxygen atoms in total. The summed E-state index contributed by atoms with van der Waals surface area (Å²) in [6, 6.07) is 8.20. The summed E-state index contributed by atoms with van der Waals surface area (Å²) < 4.78 is 2.15. The third kappa shape index (κ3) is 3.65. The third-order valence-electron chi connectivity index (χ3n) is 5.82. The summed E-state index contributed by atoms with van der Waals surface area (Å²) in [5.74, 6) is 0.123. The maximum Gasteiger partial charge on any atom is 0.254 e. The lowest BCUT2D eigenvalue weighted by molar-refractivity contribution is 0.0728. The van der Waals surface area contributed by atoms with E-state index >= 15 is 0 Å². The minimum atomic E-state index is 0.123. The van der Waals surface area contributed by atoms with Gasteiger partial charge >= 0.3 is 0 Å². The molecule has 1 amide bonds. The van der Waals surface area contributed by atoms with E-state index in [1.165, 1.54) is 48.4 Å². The van der Waals surface area contributed by atoms with Crippen LogP contribution < -0.4 is 0 Å². The van der Waals surface area contributed by atoms with Crippen LogP contribution in [-0.4, -0.2) is 45.1 Å². The van der Waals surface area contributed by atoms with E-state index in [0.717, 1.165) is 25.1 Å². The first-order valence-electron chi connectivity index (χ1n) is 10.2. The number of aryl methyl sites for hydroxylation is 1. The number of hydrogen-bond acceptors (Lipinski definition) is 3. The molecule has 0 N–H and O–H groups in total. The molecule has 0 spiro atoms. The van der Waals surface area contributed by atoms with Crippen molar-refractivity contribution in [3.8, 4) is 0 Å². The lowest BCUT2D eigenvalue weighted by atomic mass is 10.0. The zero-order valence-electron chi connectivity index (χ0n) is 16.7. The van der Waals surface area contributed by atoms with E-state index in [1.54, 1.807) is 0 Å². The average molecular weight is 367 g/mol. The second kappa shape index (κ2) is 7.47. The van der Waals surface area contributed by atoms with Crippen molar-refractivity contribution < 1.29 is 4.79 Å². The topological polar surface area (TPSA) is 41.4 Å². The Morgan fingerprint density at radius 3 is 2.48 bits per heavy atom. The van der Waals surface area contributed by atoms with Crippen LogP contribution in [0.4, 0.5) is 0 Å². The number of carbonyl (C=O) groups is 1. The quantitative estimate of drug-likeness (QED) is 0.831. The van der Waals surface area contributed by atoms with Crippen LogP contribution in [0.3, 0.4) is 0 Å². The number of carbonyl (C=O) groups excluding carboxylic acids is 1. The number of benzene rings is 1. The molecule has 1 aromatic heterocycles. The molecule has 0 bridgehead atoms. The van der Waals surface area contributed by atoms with Crippen LogP contribution >= 0.6 is 0 Å². The van der Waals surface area contributed by atoms with Crippen molar-refractivity contribution in [2.75, 3.05) is 19.6 Å². The number of amides is 1. The first kappa shape index (κ1) is 18.2. The molecule has 2 aliphatic rings. The molecule has 0 atom stereocenters. The molecule has 0 aliphatic carbocycles. The molecule has 144 valence electrons. The molecule has 1 aromatic carbocycles. The van der Waals surface area contributed by atoms with Crippen LogP contribution in [-0.2, 0) is 19.5 Å². The van der Waals surface area contributed by atoms with E-state index in [9.17, 15) is 4.79 Å². The summed E-state index contributed by atoms with van der Waals surface area (Å²) in [7, 11) is 0. The Kier molecular flexibility index (Phi) is 5.04. The molecule has 27 heavy (non-hydrogen) atoms. The first-order valence-corrected chi connectivity index (χ1v) is 10.2. The lowest BCUT2D eigenvalue weighted by Crippen LogP contribution is -2.37. The SMILES string of the molecule is Cc1ccc(C(=O)N2CCc3c(CN4CCCC4)nn(C(C)C)c3C2)cc1. The van der Waals surface area contributed by atoms with Crippen molar-refractivity contribution in [3.63, 3.8) is 0 Å². The van der Waals surface area contributed by atoms with E-state index in [2.05, 4.69) is 23.4 Å². The Morgan fingerprint density at radius 2 is 1.81 bits per heavy atom. The summed E-state index contributed by atoms with van der Waals surface area (Å²) in [6.45, 7) is 11.1. The van der Waals surface area contributed by atoms with Gasteiger partial charge < -0.3 is 4.90 Å². The van der Waals surface area contributed by atoms with Crippen LogP contribution in [0.2, 0.25) is 0 Å². The fraction of sp³-hybridized carbons (Fsp3) is 0.545. The second-order valence-electron chi connectivity index (χ2n) is 8.24. The normalized spacial score (nSPS) is 17.6. The largest absolute Gasteiger partial charge is 0.332 e. The van der Waals surface area contributed by atoms with Gasteiger partial charge in [0, 0.05) is 30.3 Å². The van der Waals surface area contributed by atoms with Gasteiger partial charge in [0.25, 0.3) is 5.91 Å². The highest BCUT2D eigenvalue weighted by molar-refractivity contribution is 5.94. The second-order valence-corrected chi connectivity index (χ2v) is 8.24. The number of rotatable bonds is 4. The number of nitrogens with zero attached hydrogens (tertiary/aromatic N) is 4. The van der Waals surface area contributed by atoms with E-state index in [0.29, 0.717) is 12.6 Å². The molecular formula is C22H30N4O. The Bertz CT molecular complexity index is 816. The lowest BCUT2D eigenvalue weighted by Gasteiger charge is -2.29. The van der Waals surface area contributed by atoms with Crippen molar-refractivity contribution in [1.82, 2.24) is 19.6 Å². The van der Waals surface area contributed by atoms with Gasteiger partial charge in [-0.3, -0.25) is 14.4 Å². The summed E-state index contributed by atoms with van der Waals surface area (Å²) in [5.41, 5.74) is 5.78. The van der Waals surface area contributed by atoms with Gasteiger partial charge in [-0.05, 0) is 65.3 Å². The Morgan fingerprint density at radius 1 is 1.11 bits per heavy atom. The van der Waals surface area contributed by atoms with Crippen LogP contribution in [0, 0.1) is 6.92 Å². The maximum atomic E-state index is 13.0. The van der Waals surface area contributed by atoms with Gasteiger partial charge in [0.1, 0.15) is 0 Å². The highest BCUT2D eigenvalue weighted by atomic mass is 16.2. The number of hydrogen-bond donors (Lipinski definition) is 0. The molecule has 1 saturated heterocycles. The standard InChI is InChI=1S/C22H30N4O/c1-16(2)26-21-15-25(22(27)18-8-6-17(3)7-9-18)13-10-19(21)20(23-26)14-24-11-4-5-12-24/h6-9,16H,4-5,10-15H2,1-3H3. The highest BCUT2D eigenvalue weighted by Gasteiger charge is 2.29. The highest BCUT2D eigenvalue weighted by Crippen LogP contribution is 2.27. The van der Waals surface area contributed by atoms with Crippen molar-refractivity contribution in [2.24, 2.45) is 0 Å². The minimum Gasteiger partial charge on any atom is -0.332 e. The Labute approximate surface area is 162 Å². The molecule has 0 unspecified atom stereocenters. The van der Waals surface area contributed by atoms with E-state index in [-0.39, 0.29) is 5.91 Å². The van der Waals surface area contributed by atoms with Crippen LogP contribution in [0.25, 0.3) is 0 Å².